The molecule has 4 nitrogen and oxygen atoms in total. The number of nitrogens with one attached hydrogen (secondary N) is 1. The maximum Gasteiger partial charge on any atom is 0.267 e. The van der Waals surface area contributed by atoms with E-state index in [-0.39, 0.29) is 11.9 Å². The predicted octanol–water partition coefficient (Wildman–Crippen LogP) is 5.31. The van der Waals surface area contributed by atoms with Gasteiger partial charge in [-0.1, -0.05) is 36.8 Å². The molecule has 3 aromatic rings. The van der Waals surface area contributed by atoms with Gasteiger partial charge < -0.3 is 14.8 Å². The number of fused-ring (bicyclic) bond motifs is 1. The van der Waals surface area contributed by atoms with Gasteiger partial charge in [-0.15, -0.1) is 11.3 Å². The fourth-order valence-electron chi connectivity index (χ4n) is 4.45. The van der Waals surface area contributed by atoms with Crippen LogP contribution in [0.2, 0.25) is 0 Å². The van der Waals surface area contributed by atoms with Crippen molar-refractivity contribution < 1.29 is 4.79 Å². The number of hydrogen-bond acceptors (Lipinski definition) is 3. The lowest BCUT2D eigenvalue weighted by Gasteiger charge is -2.33. The van der Waals surface area contributed by atoms with Crippen LogP contribution in [-0.2, 0) is 0 Å². The Morgan fingerprint density at radius 2 is 2.07 bits per heavy atom. The summed E-state index contributed by atoms with van der Waals surface area (Å²) in [4.78, 5) is 16.8. The summed E-state index contributed by atoms with van der Waals surface area (Å²) in [6.45, 7) is 7.48. The summed E-state index contributed by atoms with van der Waals surface area (Å²) in [6.07, 6.45) is 4.95. The van der Waals surface area contributed by atoms with Crippen molar-refractivity contribution in [1.82, 2.24) is 14.8 Å². The molecule has 3 heterocycles. The summed E-state index contributed by atoms with van der Waals surface area (Å²) in [5.41, 5.74) is 1.97. The highest BCUT2D eigenvalue weighted by molar-refractivity contribution is 7.16. The molecule has 1 saturated heterocycles. The van der Waals surface area contributed by atoms with Gasteiger partial charge in [0.1, 0.15) is 10.5 Å². The highest BCUT2D eigenvalue weighted by Gasteiger charge is 2.21. The first-order valence-electron chi connectivity index (χ1n) is 10.8. The topological polar surface area (TPSA) is 37.3 Å². The van der Waals surface area contributed by atoms with Crippen LogP contribution in [0.15, 0.2) is 47.8 Å². The molecule has 2 atom stereocenters. The molecule has 0 radical (unpaired) electrons. The molecule has 4 rings (SSSR count). The van der Waals surface area contributed by atoms with E-state index >= 15 is 0 Å². The molecular weight excluding hydrogens is 378 g/mol. The molecule has 1 aromatic carbocycles. The van der Waals surface area contributed by atoms with Crippen LogP contribution >= 0.6 is 11.3 Å². The Morgan fingerprint density at radius 3 is 2.86 bits per heavy atom. The van der Waals surface area contributed by atoms with Gasteiger partial charge >= 0.3 is 0 Å². The molecule has 0 bridgehead atoms. The molecule has 0 aliphatic carbocycles. The number of benzene rings is 1. The number of carbonyl (C=O) groups excluding carboxylic acids is 1. The quantitative estimate of drug-likeness (QED) is 0.537. The zero-order valence-electron chi connectivity index (χ0n) is 17.4. The zero-order valence-corrected chi connectivity index (χ0v) is 18.3. The maximum absolute atomic E-state index is 13.0. The second-order valence-corrected chi connectivity index (χ2v) is 9.05. The number of nitrogens with zero attached hydrogens (tertiary/aromatic N) is 2. The Morgan fingerprint density at radius 1 is 1.24 bits per heavy atom. The van der Waals surface area contributed by atoms with Crippen molar-refractivity contribution in [2.45, 2.75) is 51.6 Å². The van der Waals surface area contributed by atoms with Crippen molar-refractivity contribution in [3.05, 3.63) is 59.1 Å². The third-order valence-corrected chi connectivity index (χ3v) is 7.12. The van der Waals surface area contributed by atoms with Crippen LogP contribution in [0, 0.1) is 0 Å². The van der Waals surface area contributed by atoms with Gasteiger partial charge in [0.15, 0.2) is 0 Å². The SMILES string of the molecule is C[C@@H]1CCCCN1CCCNC(=O)c1cc2ccsc2n1[C@H](C)c1ccccc1. The minimum Gasteiger partial charge on any atom is -0.351 e. The van der Waals surface area contributed by atoms with Crippen molar-refractivity contribution in [3.8, 4) is 0 Å². The first-order valence-corrected chi connectivity index (χ1v) is 11.7. The molecule has 1 fully saturated rings. The maximum atomic E-state index is 13.0. The number of rotatable bonds is 7. The zero-order chi connectivity index (χ0) is 20.2. The molecule has 29 heavy (non-hydrogen) atoms. The van der Waals surface area contributed by atoms with Crippen LogP contribution in [0.4, 0.5) is 0 Å². The van der Waals surface area contributed by atoms with Gasteiger partial charge in [0.2, 0.25) is 0 Å². The van der Waals surface area contributed by atoms with Gasteiger partial charge in [-0.05, 0) is 62.7 Å². The molecule has 2 aromatic heterocycles. The highest BCUT2D eigenvalue weighted by atomic mass is 32.1. The van der Waals surface area contributed by atoms with E-state index in [1.54, 1.807) is 11.3 Å². The molecule has 1 aliphatic heterocycles. The molecule has 1 aliphatic rings. The number of piperidine rings is 1. The lowest BCUT2D eigenvalue weighted by Crippen LogP contribution is -2.39. The molecule has 5 heteroatoms. The molecular formula is C24H31N3OS. The van der Waals surface area contributed by atoms with Crippen molar-refractivity contribution >= 4 is 27.5 Å². The first kappa shape index (κ1) is 20.2. The van der Waals surface area contributed by atoms with E-state index in [2.05, 4.69) is 64.3 Å². The number of hydrogen-bond donors (Lipinski definition) is 1. The largest absolute Gasteiger partial charge is 0.351 e. The van der Waals surface area contributed by atoms with E-state index in [1.807, 2.05) is 12.1 Å². The Labute approximate surface area is 177 Å². The Kier molecular flexibility index (Phi) is 6.36. The normalized spacial score (nSPS) is 18.8. The van der Waals surface area contributed by atoms with Gasteiger partial charge in [0.25, 0.3) is 5.91 Å². The average molecular weight is 410 g/mol. The van der Waals surface area contributed by atoms with E-state index in [0.29, 0.717) is 6.04 Å². The van der Waals surface area contributed by atoms with Crippen LogP contribution in [0.25, 0.3) is 10.2 Å². The van der Waals surface area contributed by atoms with Crippen LogP contribution in [0.3, 0.4) is 0 Å². The summed E-state index contributed by atoms with van der Waals surface area (Å²) in [5.74, 6) is 0.0304. The Hall–Kier alpha value is -2.11. The molecule has 154 valence electrons. The number of thiophene rings is 1. The van der Waals surface area contributed by atoms with Crippen molar-refractivity contribution in [2.24, 2.45) is 0 Å². The van der Waals surface area contributed by atoms with E-state index in [9.17, 15) is 4.79 Å². The lowest BCUT2D eigenvalue weighted by molar-refractivity contribution is 0.0939. The summed E-state index contributed by atoms with van der Waals surface area (Å²) in [5, 5.41) is 6.41. The molecule has 0 unspecified atom stereocenters. The molecule has 0 spiro atoms. The fourth-order valence-corrected chi connectivity index (χ4v) is 5.42. The Bertz CT molecular complexity index is 946. The van der Waals surface area contributed by atoms with Gasteiger partial charge in [-0.2, -0.15) is 0 Å². The van der Waals surface area contributed by atoms with E-state index in [4.69, 9.17) is 0 Å². The fraction of sp³-hybridized carbons (Fsp3) is 0.458. The molecule has 1 amide bonds. The van der Waals surface area contributed by atoms with E-state index < -0.39 is 0 Å². The van der Waals surface area contributed by atoms with E-state index in [1.165, 1.54) is 31.4 Å². The predicted molar refractivity (Wildman–Crippen MR) is 122 cm³/mol. The van der Waals surface area contributed by atoms with Crippen LogP contribution in [0.1, 0.15) is 61.6 Å². The molecule has 1 N–H and O–H groups in total. The smallest absolute Gasteiger partial charge is 0.267 e. The van der Waals surface area contributed by atoms with Crippen LogP contribution < -0.4 is 5.32 Å². The number of likely N-dealkylation sites (tertiary alicyclic amines) is 1. The lowest BCUT2D eigenvalue weighted by atomic mass is 10.0. The number of amides is 1. The standard InChI is InChI=1S/C24H31N3OS/c1-18-9-6-7-14-26(18)15-8-13-25-23(28)22-17-21-12-16-29-24(21)27(22)19(2)20-10-4-3-5-11-20/h3-5,10-12,16-19H,6-9,13-15H2,1-2H3,(H,25,28)/t18-,19-/m1/s1. The van der Waals surface area contributed by atoms with Gasteiger partial charge in [0.05, 0.1) is 6.04 Å². The minimum absolute atomic E-state index is 0.0304. The van der Waals surface area contributed by atoms with Gasteiger partial charge in [0, 0.05) is 24.5 Å². The van der Waals surface area contributed by atoms with Gasteiger partial charge in [-0.3, -0.25) is 4.79 Å². The monoisotopic (exact) mass is 409 g/mol. The second-order valence-electron chi connectivity index (χ2n) is 8.16. The third kappa shape index (κ3) is 4.41. The van der Waals surface area contributed by atoms with Crippen molar-refractivity contribution in [3.63, 3.8) is 0 Å². The number of carbonyl (C=O) groups is 1. The average Bonchev–Trinajstić information content (AvgIpc) is 3.33. The third-order valence-electron chi connectivity index (χ3n) is 6.19. The minimum atomic E-state index is 0.0304. The summed E-state index contributed by atoms with van der Waals surface area (Å²) < 4.78 is 2.19. The van der Waals surface area contributed by atoms with Crippen molar-refractivity contribution in [1.29, 1.82) is 0 Å². The molecule has 0 saturated carbocycles. The van der Waals surface area contributed by atoms with Crippen LogP contribution in [-0.4, -0.2) is 41.1 Å². The first-order chi connectivity index (χ1) is 14.1. The highest BCUT2D eigenvalue weighted by Crippen LogP contribution is 2.31. The summed E-state index contributed by atoms with van der Waals surface area (Å²) >= 11 is 1.70. The second kappa shape index (κ2) is 9.14. The summed E-state index contributed by atoms with van der Waals surface area (Å²) in [6, 6.07) is 15.3. The van der Waals surface area contributed by atoms with E-state index in [0.717, 1.165) is 35.4 Å². The van der Waals surface area contributed by atoms with Crippen LogP contribution in [0.5, 0.6) is 0 Å². The Balaban J connectivity index is 1.44. The van der Waals surface area contributed by atoms with Crippen molar-refractivity contribution in [2.75, 3.05) is 19.6 Å². The number of aromatic nitrogens is 1. The van der Waals surface area contributed by atoms with Gasteiger partial charge in [-0.25, -0.2) is 0 Å². The summed E-state index contributed by atoms with van der Waals surface area (Å²) in [7, 11) is 0.